The predicted octanol–water partition coefficient (Wildman–Crippen LogP) is 1.91. The number of likely N-dealkylation sites (N-methyl/N-ethyl adjacent to an activating group) is 1. The number of nitro benzene ring substituents is 1. The first-order valence-corrected chi connectivity index (χ1v) is 7.95. The van der Waals surface area contributed by atoms with Gasteiger partial charge in [0, 0.05) is 10.6 Å². The highest BCUT2D eigenvalue weighted by Crippen LogP contribution is 2.28. The number of hydrogen-bond acceptors (Lipinski definition) is 4. The van der Waals surface area contributed by atoms with Gasteiger partial charge in [-0.15, -0.1) is 0 Å². The van der Waals surface area contributed by atoms with E-state index >= 15 is 0 Å². The SMILES string of the molecule is COc1ccc(NC(=O)C[NH+](C)Cc2ccccc2Cl)c([N+](=O)[O-])c1. The second-order valence-corrected chi connectivity index (χ2v) is 6.00. The number of halogens is 1. The van der Waals surface area contributed by atoms with Crippen molar-refractivity contribution in [2.75, 3.05) is 26.0 Å². The number of carbonyl (C=O) groups excluding carboxylic acids is 1. The molecule has 0 fully saturated rings. The van der Waals surface area contributed by atoms with Crippen LogP contribution in [-0.4, -0.2) is 31.5 Å². The van der Waals surface area contributed by atoms with Crippen LogP contribution >= 0.6 is 11.6 Å². The highest BCUT2D eigenvalue weighted by Gasteiger charge is 2.19. The van der Waals surface area contributed by atoms with Crippen LogP contribution in [0.15, 0.2) is 42.5 Å². The summed E-state index contributed by atoms with van der Waals surface area (Å²) in [7, 11) is 3.27. The number of quaternary nitrogens is 1. The number of anilines is 1. The molecule has 2 aromatic rings. The topological polar surface area (TPSA) is 85.9 Å². The van der Waals surface area contributed by atoms with Gasteiger partial charge in [-0.2, -0.15) is 0 Å². The van der Waals surface area contributed by atoms with E-state index in [0.29, 0.717) is 17.3 Å². The molecule has 0 radical (unpaired) electrons. The van der Waals surface area contributed by atoms with Crippen LogP contribution < -0.4 is 15.0 Å². The Morgan fingerprint density at radius 1 is 1.32 bits per heavy atom. The molecule has 25 heavy (non-hydrogen) atoms. The molecule has 1 atom stereocenters. The largest absolute Gasteiger partial charge is 0.496 e. The van der Waals surface area contributed by atoms with E-state index in [1.807, 2.05) is 25.2 Å². The number of benzene rings is 2. The Hall–Kier alpha value is -2.64. The summed E-state index contributed by atoms with van der Waals surface area (Å²) in [5.74, 6) is 0.0315. The lowest BCUT2D eigenvalue weighted by molar-refractivity contribution is -0.885. The van der Waals surface area contributed by atoms with Gasteiger partial charge in [0.15, 0.2) is 6.54 Å². The van der Waals surface area contributed by atoms with E-state index in [4.69, 9.17) is 16.3 Å². The summed E-state index contributed by atoms with van der Waals surface area (Å²) in [4.78, 5) is 23.7. The summed E-state index contributed by atoms with van der Waals surface area (Å²) in [6.07, 6.45) is 0. The highest BCUT2D eigenvalue weighted by atomic mass is 35.5. The highest BCUT2D eigenvalue weighted by molar-refractivity contribution is 6.31. The van der Waals surface area contributed by atoms with Crippen molar-refractivity contribution in [3.8, 4) is 5.75 Å². The summed E-state index contributed by atoms with van der Waals surface area (Å²) in [6.45, 7) is 0.714. The van der Waals surface area contributed by atoms with Gasteiger partial charge < -0.3 is 15.0 Å². The maximum atomic E-state index is 12.2. The Bertz CT molecular complexity index is 782. The van der Waals surface area contributed by atoms with E-state index < -0.39 is 4.92 Å². The lowest BCUT2D eigenvalue weighted by Crippen LogP contribution is -3.08. The second kappa shape index (κ2) is 8.46. The summed E-state index contributed by atoms with van der Waals surface area (Å²) in [6, 6.07) is 11.7. The number of ether oxygens (including phenoxy) is 1. The summed E-state index contributed by atoms with van der Waals surface area (Å²) >= 11 is 6.12. The van der Waals surface area contributed by atoms with Crippen LogP contribution in [0, 0.1) is 10.1 Å². The molecule has 1 amide bonds. The first-order valence-electron chi connectivity index (χ1n) is 7.57. The van der Waals surface area contributed by atoms with Crippen LogP contribution in [0.2, 0.25) is 5.02 Å². The van der Waals surface area contributed by atoms with Gasteiger partial charge in [-0.1, -0.05) is 29.8 Å². The molecule has 2 aromatic carbocycles. The molecule has 0 aromatic heterocycles. The maximum Gasteiger partial charge on any atom is 0.296 e. The van der Waals surface area contributed by atoms with Crippen molar-refractivity contribution >= 4 is 28.9 Å². The van der Waals surface area contributed by atoms with E-state index in [9.17, 15) is 14.9 Å². The van der Waals surface area contributed by atoms with Crippen molar-refractivity contribution in [2.45, 2.75) is 6.54 Å². The lowest BCUT2D eigenvalue weighted by Gasteiger charge is -2.15. The molecule has 0 bridgehead atoms. The number of methoxy groups -OCH3 is 1. The van der Waals surface area contributed by atoms with Crippen LogP contribution in [0.3, 0.4) is 0 Å². The summed E-state index contributed by atoms with van der Waals surface area (Å²) < 4.78 is 4.97. The predicted molar refractivity (Wildman–Crippen MR) is 95.2 cm³/mol. The Kier molecular flexibility index (Phi) is 6.32. The van der Waals surface area contributed by atoms with E-state index in [1.54, 1.807) is 12.1 Å². The fourth-order valence-corrected chi connectivity index (χ4v) is 2.60. The monoisotopic (exact) mass is 364 g/mol. The molecule has 0 saturated heterocycles. The van der Waals surface area contributed by atoms with Crippen molar-refractivity contribution in [1.29, 1.82) is 0 Å². The molecule has 132 valence electrons. The second-order valence-electron chi connectivity index (χ2n) is 5.59. The fraction of sp³-hybridized carbons (Fsp3) is 0.235. The molecule has 2 rings (SSSR count). The van der Waals surface area contributed by atoms with Crippen molar-refractivity contribution in [3.05, 3.63) is 63.2 Å². The number of hydrogen-bond donors (Lipinski definition) is 2. The Labute approximate surface area is 150 Å². The average molecular weight is 365 g/mol. The smallest absolute Gasteiger partial charge is 0.296 e. The van der Waals surface area contributed by atoms with E-state index in [2.05, 4.69) is 5.32 Å². The molecule has 0 aliphatic heterocycles. The van der Waals surface area contributed by atoms with Gasteiger partial charge in [-0.25, -0.2) is 0 Å². The van der Waals surface area contributed by atoms with Crippen LogP contribution in [0.5, 0.6) is 5.75 Å². The van der Waals surface area contributed by atoms with E-state index in [0.717, 1.165) is 10.5 Å². The minimum Gasteiger partial charge on any atom is -0.496 e. The van der Waals surface area contributed by atoms with Gasteiger partial charge in [0.2, 0.25) is 0 Å². The van der Waals surface area contributed by atoms with E-state index in [-0.39, 0.29) is 23.8 Å². The lowest BCUT2D eigenvalue weighted by atomic mass is 10.2. The number of amides is 1. The quantitative estimate of drug-likeness (QED) is 0.580. The Morgan fingerprint density at radius 2 is 2.04 bits per heavy atom. The van der Waals surface area contributed by atoms with E-state index in [1.165, 1.54) is 19.2 Å². The number of nitrogens with zero attached hydrogens (tertiary/aromatic N) is 1. The third kappa shape index (κ3) is 5.17. The van der Waals surface area contributed by atoms with Gasteiger partial charge in [-0.05, 0) is 18.2 Å². The van der Waals surface area contributed by atoms with Gasteiger partial charge in [-0.3, -0.25) is 14.9 Å². The van der Waals surface area contributed by atoms with Gasteiger partial charge in [0.25, 0.3) is 11.6 Å². The number of rotatable bonds is 7. The van der Waals surface area contributed by atoms with Crippen molar-refractivity contribution < 1.29 is 19.4 Å². The van der Waals surface area contributed by atoms with Crippen LogP contribution in [0.4, 0.5) is 11.4 Å². The third-order valence-corrected chi connectivity index (χ3v) is 3.96. The Balaban J connectivity index is 2.02. The number of carbonyl (C=O) groups is 1. The van der Waals surface area contributed by atoms with Crippen molar-refractivity contribution in [3.63, 3.8) is 0 Å². The van der Waals surface area contributed by atoms with Crippen LogP contribution in [0.25, 0.3) is 0 Å². The average Bonchev–Trinajstić information content (AvgIpc) is 2.57. The molecule has 0 aliphatic carbocycles. The molecular formula is C17H19ClN3O4+. The number of nitrogens with one attached hydrogen (secondary N) is 2. The third-order valence-electron chi connectivity index (χ3n) is 3.59. The molecule has 0 heterocycles. The standard InChI is InChI=1S/C17H18ClN3O4/c1-20(10-12-5-3-4-6-14(12)18)11-17(22)19-15-8-7-13(25-2)9-16(15)21(23)24/h3-9H,10-11H2,1-2H3,(H,19,22)/p+1. The molecule has 0 saturated carbocycles. The first kappa shape index (κ1) is 18.7. The number of nitro groups is 1. The zero-order valence-electron chi connectivity index (χ0n) is 13.9. The molecule has 1 unspecified atom stereocenters. The molecule has 0 aliphatic rings. The minimum absolute atomic E-state index is 0.140. The summed E-state index contributed by atoms with van der Waals surface area (Å²) in [5, 5.41) is 14.4. The fourth-order valence-electron chi connectivity index (χ4n) is 2.39. The normalized spacial score (nSPS) is 11.6. The van der Waals surface area contributed by atoms with Crippen molar-refractivity contribution in [1.82, 2.24) is 0 Å². The zero-order chi connectivity index (χ0) is 18.4. The van der Waals surface area contributed by atoms with Crippen LogP contribution in [0.1, 0.15) is 5.56 Å². The van der Waals surface area contributed by atoms with Gasteiger partial charge in [0.05, 0.1) is 25.1 Å². The molecule has 2 N–H and O–H groups in total. The molecular weight excluding hydrogens is 346 g/mol. The van der Waals surface area contributed by atoms with Gasteiger partial charge >= 0.3 is 0 Å². The minimum atomic E-state index is -0.557. The van der Waals surface area contributed by atoms with Gasteiger partial charge in [0.1, 0.15) is 18.0 Å². The first-order chi connectivity index (χ1) is 11.9. The molecule has 0 spiro atoms. The molecule has 7 nitrogen and oxygen atoms in total. The zero-order valence-corrected chi connectivity index (χ0v) is 14.7. The molecule has 8 heteroatoms. The van der Waals surface area contributed by atoms with Crippen molar-refractivity contribution in [2.24, 2.45) is 0 Å². The summed E-state index contributed by atoms with van der Waals surface area (Å²) in [5.41, 5.74) is 0.864. The van der Waals surface area contributed by atoms with Crippen LogP contribution in [-0.2, 0) is 11.3 Å². The Morgan fingerprint density at radius 3 is 2.68 bits per heavy atom. The maximum absolute atomic E-state index is 12.2.